The molecule has 0 radical (unpaired) electrons. The van der Waals surface area contributed by atoms with Gasteiger partial charge in [0.2, 0.25) is 6.08 Å². The Hall–Kier alpha value is -0.330. The number of carbonyl (C=O) groups excluding carboxylic acids is 1. The molecular weight excluding hydrogens is 138 g/mol. The van der Waals surface area contributed by atoms with Gasteiger partial charge in [-0.2, -0.15) is 0 Å². The van der Waals surface area contributed by atoms with E-state index in [1.54, 1.807) is 0 Å². The number of halogens is 1. The number of hydrogen-bond acceptors (Lipinski definition) is 2. The first kappa shape index (κ1) is 11.5. The number of unbranched alkanes of at least 4 members (excludes halogenated alkanes) is 2. The van der Waals surface area contributed by atoms with E-state index in [0.717, 1.165) is 12.0 Å². The van der Waals surface area contributed by atoms with Crippen LogP contribution in [0.25, 0.3) is 0 Å². The zero-order chi connectivity index (χ0) is 7.54. The van der Waals surface area contributed by atoms with Gasteiger partial charge in [-0.1, -0.05) is 19.8 Å². The highest BCUT2D eigenvalue weighted by atomic mass is 35.5. The molecule has 0 amide bonds. The summed E-state index contributed by atoms with van der Waals surface area (Å²) in [6, 6.07) is 0. The number of rotatable bonds is 3. The summed E-state index contributed by atoms with van der Waals surface area (Å²) in [6.07, 6.45) is 4.48. The van der Waals surface area contributed by atoms with Crippen LogP contribution in [0.1, 0.15) is 26.2 Å². The van der Waals surface area contributed by atoms with E-state index >= 15 is 0 Å². The maximum absolute atomic E-state index is 8.35. The molecule has 0 aliphatic rings. The average Bonchev–Trinajstić information content (AvgIpc) is 1.86. The second kappa shape index (κ2) is 15.6. The third kappa shape index (κ3) is 34.6. The zero-order valence-corrected chi connectivity index (χ0v) is 6.37. The summed E-state index contributed by atoms with van der Waals surface area (Å²) in [4.78, 5) is 8.35. The second-order valence-corrected chi connectivity index (χ2v) is 1.88. The summed E-state index contributed by atoms with van der Waals surface area (Å²) in [5.74, 6) is 0.827. The van der Waals surface area contributed by atoms with Gasteiger partial charge in [0.05, 0.1) is 0 Å². The molecule has 0 aliphatic carbocycles. The van der Waals surface area contributed by atoms with Crippen molar-refractivity contribution in [3.05, 3.63) is 0 Å². The number of isocyanates is 1. The summed E-state index contributed by atoms with van der Waals surface area (Å²) >= 11 is 5.38. The summed E-state index contributed by atoms with van der Waals surface area (Å²) in [7, 11) is 0. The SMILES string of the molecule is CCCCCCl.N=C=O. The third-order valence-corrected chi connectivity index (χ3v) is 1.00. The lowest BCUT2D eigenvalue weighted by atomic mass is 10.3. The number of hydrogen-bond donors (Lipinski definition) is 1. The van der Waals surface area contributed by atoms with Gasteiger partial charge < -0.3 is 0 Å². The van der Waals surface area contributed by atoms with Crippen LogP contribution in [0.5, 0.6) is 0 Å². The van der Waals surface area contributed by atoms with E-state index in [0.29, 0.717) is 0 Å². The van der Waals surface area contributed by atoms with E-state index in [4.69, 9.17) is 21.8 Å². The quantitative estimate of drug-likeness (QED) is 0.285. The third-order valence-electron chi connectivity index (χ3n) is 0.737. The van der Waals surface area contributed by atoms with E-state index in [1.807, 2.05) is 0 Å². The van der Waals surface area contributed by atoms with Crippen molar-refractivity contribution in [2.24, 2.45) is 0 Å². The maximum atomic E-state index is 8.35. The average molecular weight is 150 g/mol. The molecule has 0 heterocycles. The Morgan fingerprint density at radius 2 is 2.00 bits per heavy atom. The fourth-order valence-corrected chi connectivity index (χ4v) is 0.533. The fraction of sp³-hybridized carbons (Fsp3) is 0.833. The van der Waals surface area contributed by atoms with Gasteiger partial charge >= 0.3 is 0 Å². The van der Waals surface area contributed by atoms with Crippen molar-refractivity contribution in [2.45, 2.75) is 26.2 Å². The highest BCUT2D eigenvalue weighted by Crippen LogP contribution is 1.93. The summed E-state index contributed by atoms with van der Waals surface area (Å²) in [5.41, 5.74) is 0. The molecule has 3 heteroatoms. The monoisotopic (exact) mass is 149 g/mol. The van der Waals surface area contributed by atoms with Crippen LogP contribution in [0, 0.1) is 5.41 Å². The molecular formula is C6H12ClNO. The Labute approximate surface area is 60.7 Å². The van der Waals surface area contributed by atoms with E-state index in [1.165, 1.54) is 19.3 Å². The van der Waals surface area contributed by atoms with Crippen molar-refractivity contribution >= 4 is 17.7 Å². The van der Waals surface area contributed by atoms with Gasteiger partial charge in [-0.25, -0.2) is 10.2 Å². The molecule has 0 unspecified atom stereocenters. The maximum Gasteiger partial charge on any atom is 0.231 e. The Morgan fingerprint density at radius 1 is 1.56 bits per heavy atom. The predicted octanol–water partition coefficient (Wildman–Crippen LogP) is 2.32. The minimum Gasteiger partial charge on any atom is -0.222 e. The summed E-state index contributed by atoms with van der Waals surface area (Å²) in [5, 5.41) is 5.40. The highest BCUT2D eigenvalue weighted by Gasteiger charge is 1.76. The molecule has 0 atom stereocenters. The fourth-order valence-electron chi connectivity index (χ4n) is 0.344. The standard InChI is InChI=1S/C5H11Cl.CHNO/c1-2-3-4-5-6;2-1-3/h2-5H2,1H3;2H. The molecule has 1 N–H and O–H groups in total. The lowest BCUT2D eigenvalue weighted by Gasteiger charge is -1.84. The van der Waals surface area contributed by atoms with Crippen molar-refractivity contribution < 1.29 is 4.79 Å². The molecule has 0 bridgehead atoms. The van der Waals surface area contributed by atoms with Crippen LogP contribution in [-0.4, -0.2) is 12.0 Å². The lowest BCUT2D eigenvalue weighted by Crippen LogP contribution is -1.70. The van der Waals surface area contributed by atoms with Gasteiger partial charge in [-0.15, -0.1) is 11.6 Å². The van der Waals surface area contributed by atoms with Crippen LogP contribution in [0.4, 0.5) is 0 Å². The Morgan fingerprint density at radius 3 is 2.11 bits per heavy atom. The molecule has 0 aromatic heterocycles. The predicted molar refractivity (Wildman–Crippen MR) is 38.7 cm³/mol. The summed E-state index contributed by atoms with van der Waals surface area (Å²) < 4.78 is 0. The van der Waals surface area contributed by atoms with E-state index in [-0.39, 0.29) is 0 Å². The molecule has 0 fully saturated rings. The minimum atomic E-state index is 0.750. The first-order valence-corrected chi connectivity index (χ1v) is 3.46. The molecule has 0 spiro atoms. The van der Waals surface area contributed by atoms with Gasteiger partial charge in [-0.05, 0) is 6.42 Å². The van der Waals surface area contributed by atoms with E-state index in [9.17, 15) is 0 Å². The van der Waals surface area contributed by atoms with E-state index < -0.39 is 0 Å². The van der Waals surface area contributed by atoms with Crippen molar-refractivity contribution in [1.82, 2.24) is 0 Å². The molecule has 54 valence electrons. The molecule has 0 aliphatic heterocycles. The first-order valence-electron chi connectivity index (χ1n) is 2.93. The van der Waals surface area contributed by atoms with Gasteiger partial charge in [0.15, 0.2) is 0 Å². The molecule has 0 aromatic rings. The molecule has 0 aromatic carbocycles. The van der Waals surface area contributed by atoms with Gasteiger partial charge in [-0.3, -0.25) is 0 Å². The van der Waals surface area contributed by atoms with Crippen LogP contribution >= 0.6 is 11.6 Å². The van der Waals surface area contributed by atoms with Gasteiger partial charge in [0.1, 0.15) is 0 Å². The summed E-state index contributed by atoms with van der Waals surface area (Å²) in [6.45, 7) is 2.17. The number of alkyl halides is 1. The topological polar surface area (TPSA) is 40.9 Å². The largest absolute Gasteiger partial charge is 0.231 e. The first-order chi connectivity index (χ1) is 4.33. The minimum absolute atomic E-state index is 0.750. The molecule has 9 heavy (non-hydrogen) atoms. The Bertz CT molecular complexity index is 65.5. The second-order valence-electron chi connectivity index (χ2n) is 1.50. The normalized spacial score (nSPS) is 6.89. The van der Waals surface area contributed by atoms with Crippen molar-refractivity contribution in [3.8, 4) is 0 Å². The van der Waals surface area contributed by atoms with Crippen LogP contribution in [0.2, 0.25) is 0 Å². The Balaban J connectivity index is 0. The zero-order valence-electron chi connectivity index (χ0n) is 5.61. The Kier molecular flexibility index (Phi) is 19.9. The van der Waals surface area contributed by atoms with Crippen LogP contribution in [0.15, 0.2) is 0 Å². The van der Waals surface area contributed by atoms with Crippen LogP contribution < -0.4 is 0 Å². The van der Waals surface area contributed by atoms with Crippen molar-refractivity contribution in [3.63, 3.8) is 0 Å². The van der Waals surface area contributed by atoms with Crippen LogP contribution in [0.3, 0.4) is 0 Å². The highest BCUT2D eigenvalue weighted by molar-refractivity contribution is 6.17. The molecule has 0 saturated carbocycles. The van der Waals surface area contributed by atoms with E-state index in [2.05, 4.69) is 6.92 Å². The smallest absolute Gasteiger partial charge is 0.222 e. The van der Waals surface area contributed by atoms with Crippen molar-refractivity contribution in [2.75, 3.05) is 5.88 Å². The molecule has 0 saturated heterocycles. The van der Waals surface area contributed by atoms with Crippen molar-refractivity contribution in [1.29, 1.82) is 5.41 Å². The lowest BCUT2D eigenvalue weighted by molar-refractivity contribution is 0.563. The van der Waals surface area contributed by atoms with Gasteiger partial charge in [0, 0.05) is 5.88 Å². The number of nitrogens with one attached hydrogen (secondary N) is 1. The molecule has 0 rings (SSSR count). The van der Waals surface area contributed by atoms with Crippen LogP contribution in [-0.2, 0) is 4.79 Å². The molecule has 2 nitrogen and oxygen atoms in total. The van der Waals surface area contributed by atoms with Gasteiger partial charge in [0.25, 0.3) is 0 Å².